The minimum atomic E-state index is -0.926. The van der Waals surface area contributed by atoms with E-state index in [0.717, 1.165) is 16.6 Å². The van der Waals surface area contributed by atoms with Crippen LogP contribution in [0.25, 0.3) is 17.0 Å². The normalized spacial score (nSPS) is 13.9. The van der Waals surface area contributed by atoms with E-state index in [-0.39, 0.29) is 5.78 Å². The van der Waals surface area contributed by atoms with Gasteiger partial charge in [0.2, 0.25) is 11.5 Å². The maximum Gasteiger partial charge on any atom is 0.331 e. The minimum Gasteiger partial charge on any atom is -0.493 e. The summed E-state index contributed by atoms with van der Waals surface area (Å²) in [4.78, 5) is 28.5. The van der Waals surface area contributed by atoms with E-state index in [2.05, 4.69) is 4.98 Å². The van der Waals surface area contributed by atoms with E-state index in [4.69, 9.17) is 18.9 Å². The first-order chi connectivity index (χ1) is 15.0. The van der Waals surface area contributed by atoms with Gasteiger partial charge in [-0.1, -0.05) is 18.2 Å². The Morgan fingerprint density at radius 3 is 2.74 bits per heavy atom. The Morgan fingerprint density at radius 1 is 1.16 bits per heavy atom. The van der Waals surface area contributed by atoms with Crippen molar-refractivity contribution in [1.82, 2.24) is 4.98 Å². The molecule has 3 aromatic rings. The number of ketones is 1. The fraction of sp³-hybridized carbons (Fsp3) is 0.250. The number of methoxy groups -OCH3 is 1. The fourth-order valence-electron chi connectivity index (χ4n) is 3.62. The van der Waals surface area contributed by atoms with Gasteiger partial charge in [-0.25, -0.2) is 4.79 Å². The lowest BCUT2D eigenvalue weighted by Gasteiger charge is -2.20. The minimum absolute atomic E-state index is 0.252. The molecule has 1 N–H and O–H groups in total. The number of benzene rings is 2. The van der Waals surface area contributed by atoms with Gasteiger partial charge in [-0.3, -0.25) is 4.79 Å². The van der Waals surface area contributed by atoms with Crippen molar-refractivity contribution in [3.63, 3.8) is 0 Å². The van der Waals surface area contributed by atoms with E-state index >= 15 is 0 Å². The van der Waals surface area contributed by atoms with Crippen molar-refractivity contribution >= 4 is 28.7 Å². The Bertz CT molecular complexity index is 1160. The number of rotatable bonds is 6. The first kappa shape index (κ1) is 20.5. The van der Waals surface area contributed by atoms with Gasteiger partial charge >= 0.3 is 5.97 Å². The van der Waals surface area contributed by atoms with Gasteiger partial charge in [0.1, 0.15) is 13.2 Å². The Kier molecular flexibility index (Phi) is 5.66. The molecule has 4 rings (SSSR count). The predicted molar refractivity (Wildman–Crippen MR) is 116 cm³/mol. The molecule has 0 amide bonds. The summed E-state index contributed by atoms with van der Waals surface area (Å²) in [6.07, 6.45) is 1.93. The number of carbonyl (C=O) groups excluding carboxylic acids is 2. The molecule has 7 nitrogen and oxygen atoms in total. The van der Waals surface area contributed by atoms with Crippen LogP contribution in [0.4, 0.5) is 0 Å². The molecule has 0 radical (unpaired) electrons. The summed E-state index contributed by atoms with van der Waals surface area (Å²) in [5.74, 6) is 0.743. The Hall–Kier alpha value is -3.74. The first-order valence-corrected chi connectivity index (χ1v) is 9.95. The quantitative estimate of drug-likeness (QED) is 0.367. The molecule has 0 bridgehead atoms. The number of carbonyl (C=O) groups is 2. The van der Waals surface area contributed by atoms with E-state index in [1.807, 2.05) is 31.2 Å². The van der Waals surface area contributed by atoms with Crippen LogP contribution >= 0.6 is 0 Å². The largest absolute Gasteiger partial charge is 0.493 e. The number of para-hydroxylation sites is 1. The number of Topliss-reactive ketones (excluding diaryl/α,β-unsaturated/α-hetero) is 1. The Labute approximate surface area is 179 Å². The lowest BCUT2D eigenvalue weighted by Crippen LogP contribution is -2.24. The molecule has 1 aliphatic heterocycles. The molecule has 0 unspecified atom stereocenters. The molecule has 1 atom stereocenters. The number of esters is 1. The third-order valence-electron chi connectivity index (χ3n) is 5.06. The molecule has 0 saturated carbocycles. The standard InChI is InChI=1S/C24H23NO6/c1-14-22(17-6-4-5-7-18(17)25-14)23(27)15(2)31-21(26)9-8-16-12-19(28-3)24-20(13-16)29-10-11-30-24/h4-9,12-13,15,25H,10-11H2,1-3H3/b9-8+/t15-/m1/s1. The van der Waals surface area contributed by atoms with Gasteiger partial charge in [-0.2, -0.15) is 0 Å². The third kappa shape index (κ3) is 4.12. The van der Waals surface area contributed by atoms with Crippen molar-refractivity contribution < 1.29 is 28.5 Å². The molecule has 0 saturated heterocycles. The number of ether oxygens (including phenoxy) is 4. The average molecular weight is 421 g/mol. The molecule has 160 valence electrons. The second-order valence-electron chi connectivity index (χ2n) is 7.19. The molecule has 2 aromatic carbocycles. The van der Waals surface area contributed by atoms with Gasteiger partial charge in [-0.15, -0.1) is 0 Å². The molecule has 0 fully saturated rings. The second-order valence-corrected chi connectivity index (χ2v) is 7.19. The van der Waals surface area contributed by atoms with Crippen molar-refractivity contribution in [2.24, 2.45) is 0 Å². The highest BCUT2D eigenvalue weighted by molar-refractivity contribution is 6.11. The predicted octanol–water partition coefficient (Wildman–Crippen LogP) is 4.08. The number of hydrogen-bond acceptors (Lipinski definition) is 6. The van der Waals surface area contributed by atoms with E-state index in [1.165, 1.54) is 13.2 Å². The van der Waals surface area contributed by atoms with Gasteiger partial charge in [0, 0.05) is 28.2 Å². The van der Waals surface area contributed by atoms with Crippen LogP contribution in [-0.2, 0) is 9.53 Å². The molecule has 7 heteroatoms. The smallest absolute Gasteiger partial charge is 0.331 e. The van der Waals surface area contributed by atoms with Gasteiger partial charge in [-0.05, 0) is 43.7 Å². The van der Waals surface area contributed by atoms with Crippen molar-refractivity contribution in [2.45, 2.75) is 20.0 Å². The molecule has 2 heterocycles. The van der Waals surface area contributed by atoms with Crippen LogP contribution in [-0.4, -0.2) is 43.2 Å². The second kappa shape index (κ2) is 8.55. The van der Waals surface area contributed by atoms with E-state index in [1.54, 1.807) is 25.1 Å². The number of aromatic amines is 1. The summed E-state index contributed by atoms with van der Waals surface area (Å²) in [5.41, 5.74) is 2.84. The Morgan fingerprint density at radius 2 is 1.94 bits per heavy atom. The number of nitrogens with one attached hydrogen (secondary N) is 1. The number of H-pyrrole nitrogens is 1. The fourth-order valence-corrected chi connectivity index (χ4v) is 3.62. The molecule has 1 aliphatic rings. The van der Waals surface area contributed by atoms with E-state index < -0.39 is 12.1 Å². The highest BCUT2D eigenvalue weighted by atomic mass is 16.6. The molecular formula is C24H23NO6. The zero-order chi connectivity index (χ0) is 22.0. The Balaban J connectivity index is 1.48. The maximum atomic E-state index is 12.9. The van der Waals surface area contributed by atoms with Crippen molar-refractivity contribution in [1.29, 1.82) is 0 Å². The lowest BCUT2D eigenvalue weighted by atomic mass is 10.0. The summed E-state index contributed by atoms with van der Waals surface area (Å²) >= 11 is 0. The summed E-state index contributed by atoms with van der Waals surface area (Å²) < 4.78 is 21.9. The van der Waals surface area contributed by atoms with Crippen molar-refractivity contribution in [2.75, 3.05) is 20.3 Å². The van der Waals surface area contributed by atoms with Crippen LogP contribution in [0.2, 0.25) is 0 Å². The zero-order valence-electron chi connectivity index (χ0n) is 17.6. The van der Waals surface area contributed by atoms with E-state index in [9.17, 15) is 9.59 Å². The first-order valence-electron chi connectivity index (χ1n) is 9.95. The number of aryl methyl sites for hydroxylation is 1. The molecular weight excluding hydrogens is 398 g/mol. The van der Waals surface area contributed by atoms with Crippen LogP contribution in [0.1, 0.15) is 28.5 Å². The maximum absolute atomic E-state index is 12.9. The summed E-state index contributed by atoms with van der Waals surface area (Å²) in [7, 11) is 1.54. The number of aromatic nitrogens is 1. The van der Waals surface area contributed by atoms with Crippen LogP contribution in [0.5, 0.6) is 17.2 Å². The summed E-state index contributed by atoms with van der Waals surface area (Å²) in [6.45, 7) is 4.30. The van der Waals surface area contributed by atoms with Gasteiger partial charge < -0.3 is 23.9 Å². The van der Waals surface area contributed by atoms with Crippen molar-refractivity contribution in [3.05, 3.63) is 59.3 Å². The highest BCUT2D eigenvalue weighted by Gasteiger charge is 2.24. The molecule has 1 aromatic heterocycles. The average Bonchev–Trinajstić information content (AvgIpc) is 3.12. The van der Waals surface area contributed by atoms with Crippen LogP contribution in [0.15, 0.2) is 42.5 Å². The number of hydrogen-bond donors (Lipinski definition) is 1. The molecule has 0 spiro atoms. The molecule has 0 aliphatic carbocycles. The van der Waals surface area contributed by atoms with Crippen LogP contribution in [0.3, 0.4) is 0 Å². The van der Waals surface area contributed by atoms with Gasteiger partial charge in [0.05, 0.1) is 7.11 Å². The number of fused-ring (bicyclic) bond motifs is 2. The zero-order valence-corrected chi connectivity index (χ0v) is 17.6. The molecule has 31 heavy (non-hydrogen) atoms. The van der Waals surface area contributed by atoms with Gasteiger partial charge in [0.25, 0.3) is 0 Å². The van der Waals surface area contributed by atoms with Crippen LogP contribution in [0, 0.1) is 6.92 Å². The van der Waals surface area contributed by atoms with Gasteiger partial charge in [0.15, 0.2) is 17.6 Å². The topological polar surface area (TPSA) is 86.9 Å². The van der Waals surface area contributed by atoms with E-state index in [0.29, 0.717) is 41.6 Å². The SMILES string of the molecule is COc1cc(/C=C/C(=O)O[C@H](C)C(=O)c2c(C)[nH]c3ccccc23)cc2c1OCCO2. The monoisotopic (exact) mass is 421 g/mol. The summed E-state index contributed by atoms with van der Waals surface area (Å²) in [6, 6.07) is 11.0. The lowest BCUT2D eigenvalue weighted by molar-refractivity contribution is -0.140. The summed E-state index contributed by atoms with van der Waals surface area (Å²) in [5, 5.41) is 0.812. The van der Waals surface area contributed by atoms with Crippen molar-refractivity contribution in [3.8, 4) is 17.2 Å². The highest BCUT2D eigenvalue weighted by Crippen LogP contribution is 2.40. The van der Waals surface area contributed by atoms with Crippen LogP contribution < -0.4 is 14.2 Å². The third-order valence-corrected chi connectivity index (χ3v) is 5.06.